The van der Waals surface area contributed by atoms with Gasteiger partial charge in [-0.15, -0.1) is 0 Å². The smallest absolute Gasteiger partial charge is 0.218 e. The molecule has 0 radical (unpaired) electrons. The molecule has 0 aliphatic carbocycles. The molecule has 27 heavy (non-hydrogen) atoms. The highest BCUT2D eigenvalue weighted by Crippen LogP contribution is 2.27. The molecule has 0 amide bonds. The van der Waals surface area contributed by atoms with Crippen molar-refractivity contribution in [3.63, 3.8) is 0 Å². The molecule has 4 rings (SSSR count). The van der Waals surface area contributed by atoms with E-state index in [1.165, 1.54) is 6.33 Å². The van der Waals surface area contributed by atoms with Crippen molar-refractivity contribution >= 4 is 5.82 Å². The second-order valence-corrected chi connectivity index (χ2v) is 6.42. The number of fused-ring (bicyclic) bond motifs is 1. The van der Waals surface area contributed by atoms with E-state index in [4.69, 9.17) is 9.47 Å². The number of pyridine rings is 1. The lowest BCUT2D eigenvalue weighted by Gasteiger charge is -2.34. The van der Waals surface area contributed by atoms with Crippen LogP contribution in [0, 0.1) is 0 Å². The quantitative estimate of drug-likeness (QED) is 0.593. The largest absolute Gasteiger partial charge is 0.481 e. The minimum Gasteiger partial charge on any atom is -0.481 e. The maximum Gasteiger partial charge on any atom is 0.218 e. The molecule has 8 heteroatoms. The number of nitrogens with zero attached hydrogens (tertiary/aromatic N) is 6. The molecule has 1 aliphatic heterocycles. The van der Waals surface area contributed by atoms with Crippen LogP contribution in [0.15, 0.2) is 49.2 Å². The SMILES string of the molecule is COc1cc(N2Cc3ccnn3[C@H](CCOCc3cccnc3)C2)ncn1. The molecule has 0 fully saturated rings. The van der Waals surface area contributed by atoms with Gasteiger partial charge in [-0.3, -0.25) is 9.67 Å². The Hall–Kier alpha value is -3.00. The van der Waals surface area contributed by atoms with Crippen LogP contribution in [0.2, 0.25) is 0 Å². The highest BCUT2D eigenvalue weighted by atomic mass is 16.5. The molecule has 0 saturated heterocycles. The van der Waals surface area contributed by atoms with Gasteiger partial charge in [0, 0.05) is 37.8 Å². The Balaban J connectivity index is 1.41. The summed E-state index contributed by atoms with van der Waals surface area (Å²) in [5, 5.41) is 4.50. The van der Waals surface area contributed by atoms with Crippen LogP contribution in [0.3, 0.4) is 0 Å². The molecule has 0 N–H and O–H groups in total. The lowest BCUT2D eigenvalue weighted by molar-refractivity contribution is 0.105. The van der Waals surface area contributed by atoms with Crippen LogP contribution in [0.5, 0.6) is 5.88 Å². The summed E-state index contributed by atoms with van der Waals surface area (Å²) in [7, 11) is 1.61. The Labute approximate surface area is 157 Å². The zero-order chi connectivity index (χ0) is 18.5. The monoisotopic (exact) mass is 366 g/mol. The van der Waals surface area contributed by atoms with E-state index in [-0.39, 0.29) is 6.04 Å². The maximum atomic E-state index is 5.85. The van der Waals surface area contributed by atoms with Crippen molar-refractivity contribution in [1.29, 1.82) is 0 Å². The van der Waals surface area contributed by atoms with E-state index in [1.807, 2.05) is 36.7 Å². The number of hydrogen-bond donors (Lipinski definition) is 0. The van der Waals surface area contributed by atoms with Gasteiger partial charge in [-0.25, -0.2) is 9.97 Å². The van der Waals surface area contributed by atoms with E-state index in [9.17, 15) is 0 Å². The average Bonchev–Trinajstić information content (AvgIpc) is 3.21. The minimum absolute atomic E-state index is 0.221. The molecule has 0 bridgehead atoms. The molecular weight excluding hydrogens is 344 g/mol. The summed E-state index contributed by atoms with van der Waals surface area (Å²) in [6.07, 6.45) is 7.85. The van der Waals surface area contributed by atoms with E-state index in [2.05, 4.69) is 29.6 Å². The molecule has 0 spiro atoms. The summed E-state index contributed by atoms with van der Waals surface area (Å²) in [4.78, 5) is 14.8. The number of rotatable bonds is 7. The van der Waals surface area contributed by atoms with Gasteiger partial charge < -0.3 is 14.4 Å². The van der Waals surface area contributed by atoms with E-state index < -0.39 is 0 Å². The normalized spacial score (nSPS) is 16.2. The van der Waals surface area contributed by atoms with Crippen LogP contribution < -0.4 is 9.64 Å². The Kier molecular flexibility index (Phi) is 5.24. The summed E-state index contributed by atoms with van der Waals surface area (Å²) in [5.41, 5.74) is 2.24. The Bertz CT molecular complexity index is 869. The molecule has 0 saturated carbocycles. The van der Waals surface area contributed by atoms with E-state index in [0.717, 1.165) is 36.6 Å². The Morgan fingerprint density at radius 1 is 1.22 bits per heavy atom. The van der Waals surface area contributed by atoms with Crippen LogP contribution in [0.4, 0.5) is 5.82 Å². The van der Waals surface area contributed by atoms with Gasteiger partial charge in [0.2, 0.25) is 5.88 Å². The topological polar surface area (TPSA) is 78.2 Å². The molecule has 3 aromatic heterocycles. The summed E-state index contributed by atoms with van der Waals surface area (Å²) in [6.45, 7) is 2.79. The molecule has 140 valence electrons. The van der Waals surface area contributed by atoms with Crippen molar-refractivity contribution < 1.29 is 9.47 Å². The number of hydrogen-bond acceptors (Lipinski definition) is 7. The van der Waals surface area contributed by atoms with Gasteiger partial charge in [0.1, 0.15) is 12.1 Å². The van der Waals surface area contributed by atoms with Crippen molar-refractivity contribution in [2.45, 2.75) is 25.6 Å². The fourth-order valence-corrected chi connectivity index (χ4v) is 3.28. The summed E-state index contributed by atoms with van der Waals surface area (Å²) < 4.78 is 13.2. The lowest BCUT2D eigenvalue weighted by Crippen LogP contribution is -2.38. The first kappa shape index (κ1) is 17.4. The van der Waals surface area contributed by atoms with Gasteiger partial charge in [-0.05, 0) is 24.1 Å². The molecular formula is C19H22N6O2. The second kappa shape index (κ2) is 8.13. The van der Waals surface area contributed by atoms with Crippen LogP contribution >= 0.6 is 0 Å². The predicted molar refractivity (Wildman–Crippen MR) is 99.4 cm³/mol. The van der Waals surface area contributed by atoms with Gasteiger partial charge in [-0.2, -0.15) is 5.10 Å². The Morgan fingerprint density at radius 2 is 2.19 bits per heavy atom. The molecule has 1 atom stereocenters. The third kappa shape index (κ3) is 4.06. The lowest BCUT2D eigenvalue weighted by atomic mass is 10.1. The highest BCUT2D eigenvalue weighted by Gasteiger charge is 2.26. The zero-order valence-corrected chi connectivity index (χ0v) is 15.2. The molecule has 0 aromatic carbocycles. The van der Waals surface area contributed by atoms with Crippen molar-refractivity contribution in [3.8, 4) is 5.88 Å². The van der Waals surface area contributed by atoms with Gasteiger partial charge in [0.15, 0.2) is 0 Å². The first-order valence-electron chi connectivity index (χ1n) is 8.93. The van der Waals surface area contributed by atoms with Crippen LogP contribution in [-0.4, -0.2) is 45.0 Å². The third-order valence-corrected chi connectivity index (χ3v) is 4.63. The van der Waals surface area contributed by atoms with Gasteiger partial charge in [0.25, 0.3) is 0 Å². The fraction of sp³-hybridized carbons (Fsp3) is 0.368. The first-order valence-corrected chi connectivity index (χ1v) is 8.93. The van der Waals surface area contributed by atoms with Crippen molar-refractivity contribution in [3.05, 3.63) is 60.4 Å². The second-order valence-electron chi connectivity index (χ2n) is 6.42. The number of methoxy groups -OCH3 is 1. The van der Waals surface area contributed by atoms with Crippen LogP contribution in [-0.2, 0) is 17.9 Å². The van der Waals surface area contributed by atoms with Crippen molar-refractivity contribution in [1.82, 2.24) is 24.7 Å². The van der Waals surface area contributed by atoms with Crippen molar-refractivity contribution in [2.24, 2.45) is 0 Å². The van der Waals surface area contributed by atoms with Gasteiger partial charge in [0.05, 0.1) is 32.0 Å². The molecule has 0 unspecified atom stereocenters. The third-order valence-electron chi connectivity index (χ3n) is 4.63. The molecule has 1 aliphatic rings. The number of aromatic nitrogens is 5. The molecule has 4 heterocycles. The highest BCUT2D eigenvalue weighted by molar-refractivity contribution is 5.42. The summed E-state index contributed by atoms with van der Waals surface area (Å²) in [5.74, 6) is 1.42. The molecule has 3 aromatic rings. The maximum absolute atomic E-state index is 5.85. The van der Waals surface area contributed by atoms with Gasteiger partial charge >= 0.3 is 0 Å². The Morgan fingerprint density at radius 3 is 3.04 bits per heavy atom. The predicted octanol–water partition coefficient (Wildman–Crippen LogP) is 2.24. The van der Waals surface area contributed by atoms with Crippen molar-refractivity contribution in [2.75, 3.05) is 25.2 Å². The average molecular weight is 366 g/mol. The summed E-state index contributed by atoms with van der Waals surface area (Å²) in [6, 6.07) is 8.07. The molecule has 8 nitrogen and oxygen atoms in total. The summed E-state index contributed by atoms with van der Waals surface area (Å²) >= 11 is 0. The van der Waals surface area contributed by atoms with Crippen LogP contribution in [0.1, 0.15) is 23.7 Å². The van der Waals surface area contributed by atoms with E-state index in [1.54, 1.807) is 13.3 Å². The van der Waals surface area contributed by atoms with E-state index in [0.29, 0.717) is 19.1 Å². The number of ether oxygens (including phenoxy) is 2. The zero-order valence-electron chi connectivity index (χ0n) is 15.2. The first-order chi connectivity index (χ1) is 13.3. The fourth-order valence-electron chi connectivity index (χ4n) is 3.28. The number of anilines is 1. The van der Waals surface area contributed by atoms with Gasteiger partial charge in [-0.1, -0.05) is 6.07 Å². The van der Waals surface area contributed by atoms with E-state index >= 15 is 0 Å². The standard InChI is InChI=1S/C19H22N6O2/c1-26-19-9-18(21-14-22-19)24-11-16-4-7-23-25(16)17(12-24)5-8-27-13-15-3-2-6-20-10-15/h2-4,6-7,9-10,14,17H,5,8,11-13H2,1H3/t17-/m1/s1. The minimum atomic E-state index is 0.221. The van der Waals surface area contributed by atoms with Crippen LogP contribution in [0.25, 0.3) is 0 Å².